The van der Waals surface area contributed by atoms with Gasteiger partial charge in [0.25, 0.3) is 0 Å². The van der Waals surface area contributed by atoms with E-state index in [-0.39, 0.29) is 0 Å². The van der Waals surface area contributed by atoms with Gasteiger partial charge < -0.3 is 0 Å². The van der Waals surface area contributed by atoms with Crippen LogP contribution < -0.4 is 0 Å². The van der Waals surface area contributed by atoms with E-state index < -0.39 is 0 Å². The number of aryl methyl sites for hydroxylation is 2. The number of carbonyl (C=O) groups excluding carboxylic acids is 1. The summed E-state index contributed by atoms with van der Waals surface area (Å²) in [6.07, 6.45) is 7.88. The minimum Gasteiger partial charge on any atom is -0.211 e. The largest absolute Gasteiger partial charge is 0.235 e. The van der Waals surface area contributed by atoms with Gasteiger partial charge in [0.2, 0.25) is 6.08 Å². The number of isocyanates is 1. The van der Waals surface area contributed by atoms with Gasteiger partial charge in [0.15, 0.2) is 0 Å². The van der Waals surface area contributed by atoms with Crippen molar-refractivity contribution in [1.82, 2.24) is 0 Å². The van der Waals surface area contributed by atoms with Crippen LogP contribution in [0.25, 0.3) is 0 Å². The van der Waals surface area contributed by atoms with Crippen LogP contribution in [0.2, 0.25) is 0 Å². The Morgan fingerprint density at radius 1 is 1.13 bits per heavy atom. The fourth-order valence-corrected chi connectivity index (χ4v) is 2.19. The van der Waals surface area contributed by atoms with E-state index in [1.54, 1.807) is 6.08 Å². The average molecular weight is 201 g/mol. The highest BCUT2D eigenvalue weighted by molar-refractivity contribution is 5.36. The molecule has 1 aliphatic rings. The molecule has 0 bridgehead atoms. The molecule has 0 radical (unpaired) electrons. The molecule has 15 heavy (non-hydrogen) atoms. The Labute approximate surface area is 90.0 Å². The highest BCUT2D eigenvalue weighted by atomic mass is 16.1. The summed E-state index contributed by atoms with van der Waals surface area (Å²) in [5.74, 6) is 0. The number of hydrogen-bond donors (Lipinski definition) is 0. The first-order valence-electron chi connectivity index (χ1n) is 5.54. The molecule has 0 heterocycles. The van der Waals surface area contributed by atoms with Gasteiger partial charge in [0, 0.05) is 0 Å². The molecular weight excluding hydrogens is 186 g/mol. The van der Waals surface area contributed by atoms with E-state index in [9.17, 15) is 4.79 Å². The van der Waals surface area contributed by atoms with Crippen LogP contribution in [-0.2, 0) is 24.2 Å². The van der Waals surface area contributed by atoms with Crippen LogP contribution in [0.15, 0.2) is 23.2 Å². The summed E-state index contributed by atoms with van der Waals surface area (Å²) in [4.78, 5) is 13.6. The molecule has 0 saturated carbocycles. The van der Waals surface area contributed by atoms with E-state index in [0.29, 0.717) is 6.54 Å². The monoisotopic (exact) mass is 201 g/mol. The molecule has 0 atom stereocenters. The van der Waals surface area contributed by atoms with Crippen molar-refractivity contribution in [2.24, 2.45) is 4.99 Å². The summed E-state index contributed by atoms with van der Waals surface area (Å²) in [5, 5.41) is 0. The summed E-state index contributed by atoms with van der Waals surface area (Å²) in [6, 6.07) is 6.46. The maximum Gasteiger partial charge on any atom is 0.235 e. The van der Waals surface area contributed by atoms with Crippen molar-refractivity contribution in [3.8, 4) is 0 Å². The van der Waals surface area contributed by atoms with Gasteiger partial charge in [-0.25, -0.2) is 9.79 Å². The van der Waals surface area contributed by atoms with E-state index in [2.05, 4.69) is 23.2 Å². The van der Waals surface area contributed by atoms with Gasteiger partial charge in [-0.05, 0) is 42.4 Å². The number of fused-ring (bicyclic) bond motifs is 1. The van der Waals surface area contributed by atoms with Crippen molar-refractivity contribution in [3.05, 3.63) is 34.9 Å². The number of rotatable bonds is 2. The Morgan fingerprint density at radius 3 is 2.73 bits per heavy atom. The first-order valence-corrected chi connectivity index (χ1v) is 5.54. The quantitative estimate of drug-likeness (QED) is 0.411. The zero-order chi connectivity index (χ0) is 10.5. The van der Waals surface area contributed by atoms with Crippen molar-refractivity contribution < 1.29 is 4.79 Å². The third kappa shape index (κ3) is 2.54. The van der Waals surface area contributed by atoms with Crippen LogP contribution in [-0.4, -0.2) is 6.08 Å². The number of nitrogens with zero attached hydrogens (tertiary/aromatic N) is 1. The predicted molar refractivity (Wildman–Crippen MR) is 59.5 cm³/mol. The standard InChI is InChI=1S/C13H15NO/c15-10-14-9-11-6-7-12-4-2-1-3-5-13(12)8-11/h6-8H,1-5,9H2. The molecular formula is C13H15NO. The highest BCUT2D eigenvalue weighted by Crippen LogP contribution is 2.21. The molecule has 0 saturated heterocycles. The van der Waals surface area contributed by atoms with E-state index >= 15 is 0 Å². The maximum absolute atomic E-state index is 10.0. The van der Waals surface area contributed by atoms with E-state index in [4.69, 9.17) is 0 Å². The number of aliphatic imine (C=N–C) groups is 1. The van der Waals surface area contributed by atoms with Gasteiger partial charge in [0.05, 0.1) is 6.54 Å². The SMILES string of the molecule is O=C=NCc1ccc2c(c1)CCCCC2. The molecule has 0 N–H and O–H groups in total. The lowest BCUT2D eigenvalue weighted by Crippen LogP contribution is -1.93. The van der Waals surface area contributed by atoms with Crippen LogP contribution in [0.4, 0.5) is 0 Å². The van der Waals surface area contributed by atoms with Gasteiger partial charge in [0.1, 0.15) is 0 Å². The summed E-state index contributed by atoms with van der Waals surface area (Å²) in [6.45, 7) is 0.469. The second-order valence-electron chi connectivity index (χ2n) is 4.07. The molecule has 0 aromatic heterocycles. The molecule has 0 amide bonds. The molecule has 0 spiro atoms. The Hall–Kier alpha value is -1.40. The first kappa shape index (κ1) is 10.1. The van der Waals surface area contributed by atoms with Crippen LogP contribution in [0.5, 0.6) is 0 Å². The smallest absolute Gasteiger partial charge is 0.211 e. The van der Waals surface area contributed by atoms with Crippen molar-refractivity contribution in [1.29, 1.82) is 0 Å². The Balaban J connectivity index is 2.23. The third-order valence-electron chi connectivity index (χ3n) is 2.99. The van der Waals surface area contributed by atoms with E-state index in [1.807, 2.05) is 0 Å². The van der Waals surface area contributed by atoms with Crippen LogP contribution in [0.1, 0.15) is 36.0 Å². The van der Waals surface area contributed by atoms with Crippen LogP contribution in [0, 0.1) is 0 Å². The predicted octanol–water partition coefficient (Wildman–Crippen LogP) is 2.79. The minimum absolute atomic E-state index is 0.469. The van der Waals surface area contributed by atoms with Crippen LogP contribution in [0.3, 0.4) is 0 Å². The van der Waals surface area contributed by atoms with Crippen molar-refractivity contribution in [2.45, 2.75) is 38.6 Å². The fraction of sp³-hybridized carbons (Fsp3) is 0.462. The zero-order valence-electron chi connectivity index (χ0n) is 8.83. The Kier molecular flexibility index (Phi) is 3.31. The Morgan fingerprint density at radius 2 is 1.93 bits per heavy atom. The molecule has 1 aromatic carbocycles. The number of hydrogen-bond acceptors (Lipinski definition) is 2. The van der Waals surface area contributed by atoms with Crippen LogP contribution >= 0.6 is 0 Å². The Bertz CT molecular complexity index is 392. The van der Waals surface area contributed by atoms with Gasteiger partial charge in [-0.3, -0.25) is 0 Å². The van der Waals surface area contributed by atoms with Gasteiger partial charge in [-0.1, -0.05) is 24.6 Å². The lowest BCUT2D eigenvalue weighted by atomic mass is 10.0. The first-order chi connectivity index (χ1) is 7.40. The topological polar surface area (TPSA) is 29.4 Å². The summed E-state index contributed by atoms with van der Waals surface area (Å²) >= 11 is 0. The lowest BCUT2D eigenvalue weighted by Gasteiger charge is -2.06. The maximum atomic E-state index is 10.0. The van der Waals surface area contributed by atoms with Crippen molar-refractivity contribution >= 4 is 6.08 Å². The van der Waals surface area contributed by atoms with Gasteiger partial charge in [-0.2, -0.15) is 0 Å². The summed E-state index contributed by atoms with van der Waals surface area (Å²) < 4.78 is 0. The van der Waals surface area contributed by atoms with E-state index in [0.717, 1.165) is 5.56 Å². The molecule has 0 fully saturated rings. The summed E-state index contributed by atoms with van der Waals surface area (Å²) in [7, 11) is 0. The molecule has 2 heteroatoms. The second-order valence-corrected chi connectivity index (χ2v) is 4.07. The summed E-state index contributed by atoms with van der Waals surface area (Å²) in [5.41, 5.74) is 4.05. The fourth-order valence-electron chi connectivity index (χ4n) is 2.19. The van der Waals surface area contributed by atoms with Gasteiger partial charge >= 0.3 is 0 Å². The molecule has 1 aliphatic carbocycles. The lowest BCUT2D eigenvalue weighted by molar-refractivity contribution is 0.563. The minimum atomic E-state index is 0.469. The molecule has 1 aromatic rings. The molecule has 78 valence electrons. The molecule has 0 unspecified atom stereocenters. The highest BCUT2D eigenvalue weighted by Gasteiger charge is 2.07. The molecule has 0 aliphatic heterocycles. The van der Waals surface area contributed by atoms with Crippen molar-refractivity contribution in [3.63, 3.8) is 0 Å². The van der Waals surface area contributed by atoms with Crippen molar-refractivity contribution in [2.75, 3.05) is 0 Å². The second kappa shape index (κ2) is 4.90. The third-order valence-corrected chi connectivity index (χ3v) is 2.99. The zero-order valence-corrected chi connectivity index (χ0v) is 8.83. The molecule has 2 rings (SSSR count). The average Bonchev–Trinajstić information content (AvgIpc) is 2.50. The van der Waals surface area contributed by atoms with E-state index in [1.165, 1.54) is 43.2 Å². The normalized spacial score (nSPS) is 14.9. The number of benzene rings is 1. The van der Waals surface area contributed by atoms with Gasteiger partial charge in [-0.15, -0.1) is 0 Å². The molecule has 2 nitrogen and oxygen atoms in total.